The van der Waals surface area contributed by atoms with E-state index in [9.17, 15) is 19.7 Å². The average molecular weight is 406 g/mol. The molecule has 128 valence electrons. The number of anilines is 1. The van der Waals surface area contributed by atoms with Crippen molar-refractivity contribution in [2.24, 2.45) is 0 Å². The summed E-state index contributed by atoms with van der Waals surface area (Å²) in [5.41, 5.74) is 1.79. The maximum Gasteiger partial charge on any atom is 0.420 e. The molecule has 0 aliphatic rings. The van der Waals surface area contributed by atoms with Gasteiger partial charge in [-0.25, -0.2) is 4.79 Å². The van der Waals surface area contributed by atoms with Crippen LogP contribution in [0.2, 0.25) is 0 Å². The minimum Gasteiger partial charge on any atom is -0.407 e. The summed E-state index contributed by atoms with van der Waals surface area (Å²) in [6.07, 6.45) is 0. The number of aromatic nitrogens is 1. The van der Waals surface area contributed by atoms with Gasteiger partial charge in [0.1, 0.15) is 6.54 Å². The van der Waals surface area contributed by atoms with E-state index in [2.05, 4.69) is 21.2 Å². The third-order valence-corrected chi connectivity index (χ3v) is 4.22. The fourth-order valence-corrected chi connectivity index (χ4v) is 2.97. The SMILES string of the molecule is Cc1ccc(NC(=O)Cn2c(=O)oc3cc([N+](=O)[O-])ccc32)c(Br)c1. The van der Waals surface area contributed by atoms with E-state index < -0.39 is 16.6 Å². The van der Waals surface area contributed by atoms with Crippen LogP contribution in [0.15, 0.2) is 50.1 Å². The summed E-state index contributed by atoms with van der Waals surface area (Å²) in [7, 11) is 0. The Labute approximate surface area is 149 Å². The highest BCUT2D eigenvalue weighted by molar-refractivity contribution is 9.10. The van der Waals surface area contributed by atoms with Crippen molar-refractivity contribution in [1.29, 1.82) is 0 Å². The average Bonchev–Trinajstić information content (AvgIpc) is 2.85. The molecule has 0 aliphatic heterocycles. The Morgan fingerprint density at radius 1 is 1.32 bits per heavy atom. The van der Waals surface area contributed by atoms with E-state index in [1.807, 2.05) is 19.1 Å². The Morgan fingerprint density at radius 3 is 2.76 bits per heavy atom. The van der Waals surface area contributed by atoms with Gasteiger partial charge in [-0.2, -0.15) is 0 Å². The number of nitrogens with zero attached hydrogens (tertiary/aromatic N) is 2. The van der Waals surface area contributed by atoms with Crippen molar-refractivity contribution in [2.75, 3.05) is 5.32 Å². The number of nitro benzene ring substituents is 1. The zero-order chi connectivity index (χ0) is 18.1. The number of nitro groups is 1. The van der Waals surface area contributed by atoms with Crippen LogP contribution in [0, 0.1) is 17.0 Å². The Hall–Kier alpha value is -2.94. The van der Waals surface area contributed by atoms with Gasteiger partial charge in [-0.05, 0) is 46.6 Å². The Bertz CT molecular complexity index is 1050. The van der Waals surface area contributed by atoms with Crippen molar-refractivity contribution < 1.29 is 14.1 Å². The Balaban J connectivity index is 1.87. The summed E-state index contributed by atoms with van der Waals surface area (Å²) in [5, 5.41) is 13.5. The summed E-state index contributed by atoms with van der Waals surface area (Å²) in [6, 6.07) is 9.24. The van der Waals surface area contributed by atoms with E-state index in [-0.39, 0.29) is 17.8 Å². The number of aryl methyl sites for hydroxylation is 1. The topological polar surface area (TPSA) is 107 Å². The van der Waals surface area contributed by atoms with E-state index in [1.54, 1.807) is 6.07 Å². The Morgan fingerprint density at radius 2 is 2.08 bits per heavy atom. The second-order valence-corrected chi connectivity index (χ2v) is 6.25. The van der Waals surface area contributed by atoms with Gasteiger partial charge in [-0.15, -0.1) is 0 Å². The van der Waals surface area contributed by atoms with Gasteiger partial charge in [0.15, 0.2) is 5.58 Å². The van der Waals surface area contributed by atoms with Crippen LogP contribution in [-0.2, 0) is 11.3 Å². The number of fused-ring (bicyclic) bond motifs is 1. The number of oxazole rings is 1. The molecule has 0 saturated carbocycles. The minimum atomic E-state index is -0.756. The second-order valence-electron chi connectivity index (χ2n) is 5.39. The lowest BCUT2D eigenvalue weighted by Crippen LogP contribution is -2.24. The molecule has 0 bridgehead atoms. The molecule has 25 heavy (non-hydrogen) atoms. The third kappa shape index (κ3) is 3.45. The largest absolute Gasteiger partial charge is 0.420 e. The number of non-ortho nitro benzene ring substituents is 1. The minimum absolute atomic E-state index is 0.0588. The van der Waals surface area contributed by atoms with E-state index in [0.717, 1.165) is 20.7 Å². The fraction of sp³-hybridized carbons (Fsp3) is 0.125. The summed E-state index contributed by atoms with van der Waals surface area (Å²) in [5.74, 6) is -1.18. The molecule has 9 heteroatoms. The fourth-order valence-electron chi connectivity index (χ4n) is 2.37. The van der Waals surface area contributed by atoms with Gasteiger partial charge in [-0.3, -0.25) is 19.5 Å². The second kappa shape index (κ2) is 6.52. The number of hydrogen-bond acceptors (Lipinski definition) is 5. The third-order valence-electron chi connectivity index (χ3n) is 3.56. The molecule has 2 aromatic carbocycles. The van der Waals surface area contributed by atoms with E-state index in [1.165, 1.54) is 12.1 Å². The summed E-state index contributed by atoms with van der Waals surface area (Å²) < 4.78 is 6.84. The molecular formula is C16H12BrN3O5. The summed E-state index contributed by atoms with van der Waals surface area (Å²) >= 11 is 3.36. The number of hydrogen-bond donors (Lipinski definition) is 1. The van der Waals surface area contributed by atoms with Crippen molar-refractivity contribution in [3.05, 3.63) is 67.1 Å². The van der Waals surface area contributed by atoms with Crippen molar-refractivity contribution in [1.82, 2.24) is 4.57 Å². The monoisotopic (exact) mass is 405 g/mol. The quantitative estimate of drug-likeness (QED) is 0.529. The van der Waals surface area contributed by atoms with Gasteiger partial charge in [0.05, 0.1) is 22.2 Å². The number of carbonyl (C=O) groups is 1. The molecule has 0 spiro atoms. The maximum atomic E-state index is 12.2. The molecule has 0 fully saturated rings. The van der Waals surface area contributed by atoms with Crippen LogP contribution in [0.3, 0.4) is 0 Å². The molecule has 1 heterocycles. The van der Waals surface area contributed by atoms with E-state index in [0.29, 0.717) is 11.2 Å². The molecule has 8 nitrogen and oxygen atoms in total. The highest BCUT2D eigenvalue weighted by atomic mass is 79.9. The van der Waals surface area contributed by atoms with Crippen LogP contribution in [0.4, 0.5) is 11.4 Å². The lowest BCUT2D eigenvalue weighted by molar-refractivity contribution is -0.384. The summed E-state index contributed by atoms with van der Waals surface area (Å²) in [4.78, 5) is 34.4. The smallest absolute Gasteiger partial charge is 0.407 e. The van der Waals surface area contributed by atoms with Crippen molar-refractivity contribution >= 4 is 44.3 Å². The van der Waals surface area contributed by atoms with Gasteiger partial charge in [-0.1, -0.05) is 6.07 Å². The van der Waals surface area contributed by atoms with Crippen LogP contribution < -0.4 is 11.1 Å². The lowest BCUT2D eigenvalue weighted by Gasteiger charge is -2.08. The Kier molecular flexibility index (Phi) is 4.41. The molecule has 1 amide bonds. The molecule has 1 N–H and O–H groups in total. The van der Waals surface area contributed by atoms with E-state index >= 15 is 0 Å². The zero-order valence-corrected chi connectivity index (χ0v) is 14.6. The van der Waals surface area contributed by atoms with Crippen LogP contribution in [-0.4, -0.2) is 15.4 Å². The van der Waals surface area contributed by atoms with Gasteiger partial charge < -0.3 is 9.73 Å². The van der Waals surface area contributed by atoms with Crippen LogP contribution in [0.1, 0.15) is 5.56 Å². The molecule has 3 rings (SSSR count). The van der Waals surface area contributed by atoms with Gasteiger partial charge >= 0.3 is 5.76 Å². The van der Waals surface area contributed by atoms with Gasteiger partial charge in [0, 0.05) is 10.5 Å². The zero-order valence-electron chi connectivity index (χ0n) is 13.0. The predicted octanol–water partition coefficient (Wildman–Crippen LogP) is 3.21. The lowest BCUT2D eigenvalue weighted by atomic mass is 10.2. The molecule has 3 aromatic rings. The van der Waals surface area contributed by atoms with Crippen LogP contribution >= 0.6 is 15.9 Å². The van der Waals surface area contributed by atoms with Gasteiger partial charge in [0.2, 0.25) is 5.91 Å². The van der Waals surface area contributed by atoms with Crippen LogP contribution in [0.5, 0.6) is 0 Å². The molecule has 0 atom stereocenters. The van der Waals surface area contributed by atoms with Gasteiger partial charge in [0.25, 0.3) is 5.69 Å². The number of halogens is 1. The number of rotatable bonds is 4. The highest BCUT2D eigenvalue weighted by Crippen LogP contribution is 2.24. The number of amides is 1. The van der Waals surface area contributed by atoms with Crippen LogP contribution in [0.25, 0.3) is 11.1 Å². The maximum absolute atomic E-state index is 12.2. The molecule has 0 aliphatic carbocycles. The molecule has 0 unspecified atom stereocenters. The predicted molar refractivity (Wildman–Crippen MR) is 94.6 cm³/mol. The number of benzene rings is 2. The standard InChI is InChI=1S/C16H12BrN3O5/c1-9-2-4-12(11(17)6-9)18-15(21)8-19-13-5-3-10(20(23)24)7-14(13)25-16(19)22/h2-7H,8H2,1H3,(H,18,21). The first-order chi connectivity index (χ1) is 11.8. The first-order valence-corrected chi connectivity index (χ1v) is 7.98. The number of carbonyl (C=O) groups excluding carboxylic acids is 1. The first-order valence-electron chi connectivity index (χ1n) is 7.19. The molecule has 0 saturated heterocycles. The summed E-state index contributed by atoms with van der Waals surface area (Å²) in [6.45, 7) is 1.65. The molecular weight excluding hydrogens is 394 g/mol. The van der Waals surface area contributed by atoms with E-state index in [4.69, 9.17) is 4.42 Å². The molecule has 1 aromatic heterocycles. The van der Waals surface area contributed by atoms with Crippen molar-refractivity contribution in [3.8, 4) is 0 Å². The normalized spacial score (nSPS) is 10.8. The molecule has 0 radical (unpaired) electrons. The highest BCUT2D eigenvalue weighted by Gasteiger charge is 2.16. The van der Waals surface area contributed by atoms with Crippen molar-refractivity contribution in [3.63, 3.8) is 0 Å². The van der Waals surface area contributed by atoms with Crippen molar-refractivity contribution in [2.45, 2.75) is 13.5 Å². The first kappa shape index (κ1) is 16.9. The number of nitrogens with one attached hydrogen (secondary N) is 1.